The normalized spacial score (nSPS) is 12.8. The Hall–Kier alpha value is -3.34. The van der Waals surface area contributed by atoms with Crippen LogP contribution in [-0.2, 0) is 22.4 Å². The van der Waals surface area contributed by atoms with Crippen LogP contribution in [0.5, 0.6) is 0 Å². The molecule has 3 aromatic heterocycles. The van der Waals surface area contributed by atoms with Gasteiger partial charge in [-0.25, -0.2) is 14.3 Å². The zero-order chi connectivity index (χ0) is 20.7. The number of fused-ring (bicyclic) bond motifs is 2. The maximum Gasteiger partial charge on any atom is 0.378 e. The summed E-state index contributed by atoms with van der Waals surface area (Å²) in [5.74, 6) is -1.91. The molecule has 0 saturated heterocycles. The van der Waals surface area contributed by atoms with Crippen LogP contribution in [-0.4, -0.2) is 44.0 Å². The molecule has 1 aliphatic rings. The molecule has 0 aromatic carbocycles. The van der Waals surface area contributed by atoms with E-state index in [4.69, 9.17) is 10.5 Å². The molecular formula is C18H18N6O4S. The molecule has 0 bridgehead atoms. The van der Waals surface area contributed by atoms with Crippen molar-refractivity contribution in [3.05, 3.63) is 39.3 Å². The first-order valence-electron chi connectivity index (χ1n) is 8.96. The van der Waals surface area contributed by atoms with Gasteiger partial charge in [-0.05, 0) is 44.7 Å². The van der Waals surface area contributed by atoms with Crippen LogP contribution < -0.4 is 11.1 Å². The molecule has 1 aliphatic carbocycles. The minimum Gasteiger partial charge on any atom is -0.450 e. The molecule has 0 atom stereocenters. The molecule has 4 rings (SSSR count). The molecule has 0 unspecified atom stereocenters. The third kappa shape index (κ3) is 3.56. The number of hydrogen-bond donors (Lipinski definition) is 2. The topological polar surface area (TPSA) is 142 Å². The summed E-state index contributed by atoms with van der Waals surface area (Å²) in [4.78, 5) is 45.5. The van der Waals surface area contributed by atoms with E-state index in [0.717, 1.165) is 41.1 Å². The lowest BCUT2D eigenvalue weighted by Crippen LogP contribution is -2.23. The van der Waals surface area contributed by atoms with Gasteiger partial charge in [0.1, 0.15) is 5.00 Å². The molecular weight excluding hydrogens is 396 g/mol. The summed E-state index contributed by atoms with van der Waals surface area (Å²) in [6.07, 6.45) is 2.59. The van der Waals surface area contributed by atoms with Crippen LogP contribution in [0.1, 0.15) is 49.2 Å². The molecule has 10 nitrogen and oxygen atoms in total. The van der Waals surface area contributed by atoms with Crippen molar-refractivity contribution in [1.29, 1.82) is 0 Å². The fourth-order valence-electron chi connectivity index (χ4n) is 3.36. The number of hydrogen-bond acceptors (Lipinski definition) is 8. The molecule has 11 heteroatoms. The van der Waals surface area contributed by atoms with Crippen LogP contribution in [0.4, 0.5) is 5.00 Å². The fourth-order valence-corrected chi connectivity index (χ4v) is 4.67. The van der Waals surface area contributed by atoms with E-state index in [1.807, 2.05) is 13.8 Å². The minimum atomic E-state index is -0.841. The average molecular weight is 414 g/mol. The van der Waals surface area contributed by atoms with Gasteiger partial charge in [0.05, 0.1) is 5.56 Å². The van der Waals surface area contributed by atoms with E-state index >= 15 is 0 Å². The molecule has 3 heterocycles. The van der Waals surface area contributed by atoms with Gasteiger partial charge < -0.3 is 15.8 Å². The second kappa shape index (κ2) is 7.24. The molecule has 0 fully saturated rings. The number of rotatable bonds is 5. The monoisotopic (exact) mass is 414 g/mol. The molecule has 29 heavy (non-hydrogen) atoms. The van der Waals surface area contributed by atoms with Crippen molar-refractivity contribution in [2.24, 2.45) is 5.73 Å². The smallest absolute Gasteiger partial charge is 0.378 e. The number of aromatic nitrogens is 4. The van der Waals surface area contributed by atoms with Crippen molar-refractivity contribution in [1.82, 2.24) is 19.6 Å². The number of anilines is 1. The van der Waals surface area contributed by atoms with Crippen molar-refractivity contribution in [2.45, 2.75) is 33.1 Å². The summed E-state index contributed by atoms with van der Waals surface area (Å²) in [7, 11) is 0. The number of nitrogens with zero attached hydrogens (tertiary/aromatic N) is 4. The summed E-state index contributed by atoms with van der Waals surface area (Å²) < 4.78 is 6.44. The first kappa shape index (κ1) is 19.0. The Labute approximate surface area is 169 Å². The van der Waals surface area contributed by atoms with Crippen LogP contribution in [0, 0.1) is 13.8 Å². The molecule has 0 spiro atoms. The highest BCUT2D eigenvalue weighted by atomic mass is 32.1. The van der Waals surface area contributed by atoms with E-state index in [9.17, 15) is 14.4 Å². The Morgan fingerprint density at radius 2 is 2.07 bits per heavy atom. The standard InChI is InChI=1S/C18H18N6O4S/c1-8-6-9(2)24-18(20-8)22-15(23-24)17(27)28-7-12(25)21-16-13(14(19)26)10-4-3-5-11(10)29-16/h6H,3-5,7H2,1-2H3,(H2,19,26)(H,21,25). The van der Waals surface area contributed by atoms with E-state index < -0.39 is 24.4 Å². The van der Waals surface area contributed by atoms with Gasteiger partial charge in [0.15, 0.2) is 6.61 Å². The Bertz CT molecular complexity index is 1170. The summed E-state index contributed by atoms with van der Waals surface area (Å²) in [5, 5.41) is 7.07. The van der Waals surface area contributed by atoms with Gasteiger partial charge in [-0.15, -0.1) is 16.4 Å². The average Bonchev–Trinajstić information content (AvgIpc) is 3.33. The van der Waals surface area contributed by atoms with Crippen molar-refractivity contribution >= 4 is 39.9 Å². The van der Waals surface area contributed by atoms with Crippen molar-refractivity contribution in [3.63, 3.8) is 0 Å². The third-order valence-electron chi connectivity index (χ3n) is 4.56. The number of thiophene rings is 1. The predicted molar refractivity (Wildman–Crippen MR) is 104 cm³/mol. The SMILES string of the molecule is Cc1cc(C)n2nc(C(=O)OCC(=O)Nc3sc4c(c3C(N)=O)CCC4)nc2n1. The van der Waals surface area contributed by atoms with Gasteiger partial charge in [0.25, 0.3) is 23.4 Å². The van der Waals surface area contributed by atoms with E-state index in [2.05, 4.69) is 20.4 Å². The summed E-state index contributed by atoms with van der Waals surface area (Å²) in [5.41, 5.74) is 8.24. The number of primary amides is 1. The van der Waals surface area contributed by atoms with E-state index in [1.165, 1.54) is 15.9 Å². The maximum atomic E-state index is 12.2. The number of ether oxygens (including phenoxy) is 1. The zero-order valence-electron chi connectivity index (χ0n) is 15.8. The number of aryl methyl sites for hydroxylation is 3. The van der Waals surface area contributed by atoms with Crippen LogP contribution >= 0.6 is 11.3 Å². The van der Waals surface area contributed by atoms with Crippen LogP contribution in [0.25, 0.3) is 5.78 Å². The summed E-state index contributed by atoms with van der Waals surface area (Å²) in [6.45, 7) is 3.08. The quantitative estimate of drug-likeness (QED) is 0.597. The highest BCUT2D eigenvalue weighted by Gasteiger charge is 2.26. The Morgan fingerprint density at radius 3 is 2.83 bits per heavy atom. The van der Waals surface area contributed by atoms with Gasteiger partial charge in [0.2, 0.25) is 0 Å². The van der Waals surface area contributed by atoms with Gasteiger partial charge in [-0.3, -0.25) is 9.59 Å². The van der Waals surface area contributed by atoms with Crippen molar-refractivity contribution in [3.8, 4) is 0 Å². The third-order valence-corrected chi connectivity index (χ3v) is 5.76. The minimum absolute atomic E-state index is 0.188. The van der Waals surface area contributed by atoms with E-state index in [0.29, 0.717) is 10.6 Å². The van der Waals surface area contributed by atoms with E-state index in [-0.39, 0.29) is 11.6 Å². The van der Waals surface area contributed by atoms with Crippen LogP contribution in [0.3, 0.4) is 0 Å². The molecule has 0 aliphatic heterocycles. The summed E-state index contributed by atoms with van der Waals surface area (Å²) >= 11 is 1.33. The number of carbonyl (C=O) groups is 3. The first-order chi connectivity index (χ1) is 13.8. The number of nitrogens with two attached hydrogens (primary N) is 1. The van der Waals surface area contributed by atoms with Gasteiger partial charge >= 0.3 is 5.97 Å². The van der Waals surface area contributed by atoms with E-state index in [1.54, 1.807) is 6.07 Å². The Balaban J connectivity index is 1.43. The van der Waals surface area contributed by atoms with Gasteiger partial charge in [-0.2, -0.15) is 4.98 Å². The lowest BCUT2D eigenvalue weighted by Gasteiger charge is -2.06. The fraction of sp³-hybridized carbons (Fsp3) is 0.333. The highest BCUT2D eigenvalue weighted by molar-refractivity contribution is 7.17. The first-order valence-corrected chi connectivity index (χ1v) is 9.77. The molecule has 150 valence electrons. The molecule has 3 N–H and O–H groups in total. The lowest BCUT2D eigenvalue weighted by atomic mass is 10.1. The molecule has 3 aromatic rings. The predicted octanol–water partition coefficient (Wildman–Crippen LogP) is 1.19. The number of nitrogens with one attached hydrogen (secondary N) is 1. The Kier molecular flexibility index (Phi) is 4.74. The second-order valence-electron chi connectivity index (χ2n) is 6.74. The second-order valence-corrected chi connectivity index (χ2v) is 7.84. The number of amides is 2. The highest BCUT2D eigenvalue weighted by Crippen LogP contribution is 2.38. The maximum absolute atomic E-state index is 12.2. The number of carbonyl (C=O) groups excluding carboxylic acids is 3. The molecule has 0 saturated carbocycles. The number of esters is 1. The molecule has 2 amide bonds. The summed E-state index contributed by atoms with van der Waals surface area (Å²) in [6, 6.07) is 1.80. The molecule has 0 radical (unpaired) electrons. The zero-order valence-corrected chi connectivity index (χ0v) is 16.6. The van der Waals surface area contributed by atoms with Gasteiger partial charge in [-0.1, -0.05) is 0 Å². The van der Waals surface area contributed by atoms with Crippen LogP contribution in [0.2, 0.25) is 0 Å². The largest absolute Gasteiger partial charge is 0.450 e. The van der Waals surface area contributed by atoms with Crippen LogP contribution in [0.15, 0.2) is 6.07 Å². The Morgan fingerprint density at radius 1 is 1.28 bits per heavy atom. The van der Waals surface area contributed by atoms with Gasteiger partial charge in [0, 0.05) is 16.3 Å². The lowest BCUT2D eigenvalue weighted by molar-refractivity contribution is -0.119. The van der Waals surface area contributed by atoms with Crippen molar-refractivity contribution in [2.75, 3.05) is 11.9 Å². The van der Waals surface area contributed by atoms with Crippen molar-refractivity contribution < 1.29 is 19.1 Å².